The van der Waals surface area contributed by atoms with Crippen molar-refractivity contribution in [3.05, 3.63) is 65.2 Å². The van der Waals surface area contributed by atoms with E-state index in [9.17, 15) is 5.11 Å². The van der Waals surface area contributed by atoms with Crippen LogP contribution in [0.5, 0.6) is 5.75 Å². The first-order valence-electron chi connectivity index (χ1n) is 9.74. The highest BCUT2D eigenvalue weighted by atomic mass is 16.3. The Labute approximate surface area is 156 Å². The molecule has 0 radical (unpaired) electrons. The number of nitrogens with zero attached hydrogens (tertiary/aromatic N) is 1. The van der Waals surface area contributed by atoms with Gasteiger partial charge in [0.1, 0.15) is 5.75 Å². The molecular formula is C23H28N2O. The molecule has 136 valence electrons. The Morgan fingerprint density at radius 1 is 1.08 bits per heavy atom. The average molecular weight is 348 g/mol. The average Bonchev–Trinajstić information content (AvgIpc) is 3.15. The number of fused-ring (bicyclic) bond motifs is 3. The van der Waals surface area contributed by atoms with Crippen LogP contribution in [0.4, 0.5) is 11.4 Å². The Kier molecular flexibility index (Phi) is 4.39. The fraction of sp³-hybridized carbons (Fsp3) is 0.391. The van der Waals surface area contributed by atoms with E-state index in [0.717, 1.165) is 25.2 Å². The molecule has 1 aliphatic heterocycles. The lowest BCUT2D eigenvalue weighted by atomic mass is 9.75. The van der Waals surface area contributed by atoms with E-state index in [4.69, 9.17) is 0 Å². The van der Waals surface area contributed by atoms with E-state index in [2.05, 4.69) is 67.4 Å². The number of anilines is 2. The topological polar surface area (TPSA) is 35.5 Å². The van der Waals surface area contributed by atoms with Crippen LogP contribution in [0.25, 0.3) is 0 Å². The van der Waals surface area contributed by atoms with E-state index in [0.29, 0.717) is 17.6 Å². The summed E-state index contributed by atoms with van der Waals surface area (Å²) in [6.45, 7) is 8.57. The summed E-state index contributed by atoms with van der Waals surface area (Å²) in [5.74, 6) is 1.24. The molecule has 0 amide bonds. The number of aromatic hydroxyl groups is 1. The maximum Gasteiger partial charge on any atom is 0.139 e. The van der Waals surface area contributed by atoms with Gasteiger partial charge in [0.05, 0.1) is 11.7 Å². The molecule has 2 aliphatic rings. The fourth-order valence-electron chi connectivity index (χ4n) is 4.69. The van der Waals surface area contributed by atoms with Gasteiger partial charge in [-0.05, 0) is 68.0 Å². The first kappa shape index (κ1) is 17.0. The maximum atomic E-state index is 10.5. The van der Waals surface area contributed by atoms with Gasteiger partial charge in [-0.1, -0.05) is 30.4 Å². The third-order valence-corrected chi connectivity index (χ3v) is 6.10. The Bertz CT molecular complexity index is 821. The molecule has 0 saturated carbocycles. The molecular weight excluding hydrogens is 320 g/mol. The first-order chi connectivity index (χ1) is 12.6. The number of allylic oxidation sites excluding steroid dienone is 2. The summed E-state index contributed by atoms with van der Waals surface area (Å²) in [5, 5.41) is 14.1. The zero-order valence-electron chi connectivity index (χ0n) is 15.9. The quantitative estimate of drug-likeness (QED) is 0.576. The summed E-state index contributed by atoms with van der Waals surface area (Å²) in [4.78, 5) is 2.36. The van der Waals surface area contributed by atoms with Crippen LogP contribution in [0.1, 0.15) is 48.9 Å². The number of phenols is 1. The van der Waals surface area contributed by atoms with Gasteiger partial charge in [0.2, 0.25) is 0 Å². The highest BCUT2D eigenvalue weighted by Crippen LogP contribution is 2.53. The van der Waals surface area contributed by atoms with Gasteiger partial charge in [-0.15, -0.1) is 0 Å². The van der Waals surface area contributed by atoms with E-state index in [1.165, 1.54) is 22.4 Å². The van der Waals surface area contributed by atoms with Crippen LogP contribution in [0.3, 0.4) is 0 Å². The third kappa shape index (κ3) is 2.66. The van der Waals surface area contributed by atoms with Crippen LogP contribution in [-0.4, -0.2) is 18.2 Å². The summed E-state index contributed by atoms with van der Waals surface area (Å²) in [5.41, 5.74) is 6.00. The molecule has 0 bridgehead atoms. The number of hydrogen-bond donors (Lipinski definition) is 2. The van der Waals surface area contributed by atoms with Crippen LogP contribution >= 0.6 is 0 Å². The minimum atomic E-state index is 0.223. The molecule has 3 heteroatoms. The van der Waals surface area contributed by atoms with E-state index in [-0.39, 0.29) is 6.04 Å². The van der Waals surface area contributed by atoms with Gasteiger partial charge >= 0.3 is 0 Å². The second-order valence-electron chi connectivity index (χ2n) is 7.43. The van der Waals surface area contributed by atoms with Crippen molar-refractivity contribution < 1.29 is 5.11 Å². The Morgan fingerprint density at radius 3 is 2.50 bits per heavy atom. The second-order valence-corrected chi connectivity index (χ2v) is 7.43. The maximum absolute atomic E-state index is 10.5. The van der Waals surface area contributed by atoms with Crippen molar-refractivity contribution in [3.63, 3.8) is 0 Å². The third-order valence-electron chi connectivity index (χ3n) is 6.10. The number of benzene rings is 2. The van der Waals surface area contributed by atoms with Crippen molar-refractivity contribution in [2.45, 2.75) is 39.2 Å². The predicted molar refractivity (Wildman–Crippen MR) is 109 cm³/mol. The van der Waals surface area contributed by atoms with Gasteiger partial charge in [-0.25, -0.2) is 0 Å². The van der Waals surface area contributed by atoms with Gasteiger partial charge < -0.3 is 15.3 Å². The van der Waals surface area contributed by atoms with Gasteiger partial charge in [-0.3, -0.25) is 0 Å². The zero-order valence-corrected chi connectivity index (χ0v) is 15.9. The molecule has 0 fully saturated rings. The fourth-order valence-corrected chi connectivity index (χ4v) is 4.69. The van der Waals surface area contributed by atoms with E-state index >= 15 is 0 Å². The molecule has 0 spiro atoms. The van der Waals surface area contributed by atoms with Crippen LogP contribution in [0.2, 0.25) is 0 Å². The first-order valence-corrected chi connectivity index (χ1v) is 9.74. The van der Waals surface area contributed by atoms with Crippen molar-refractivity contribution >= 4 is 11.4 Å². The van der Waals surface area contributed by atoms with Gasteiger partial charge in [-0.2, -0.15) is 0 Å². The normalized spacial score (nSPS) is 23.3. The summed E-state index contributed by atoms with van der Waals surface area (Å²) < 4.78 is 0. The predicted octanol–water partition coefficient (Wildman–Crippen LogP) is 5.37. The SMILES string of the molecule is CCN(CC)c1ccc(C2Nc3c(O)ccc(C)c3C3C=CCC32)cc1. The molecule has 1 aliphatic carbocycles. The largest absolute Gasteiger partial charge is 0.506 e. The van der Waals surface area contributed by atoms with Crippen molar-refractivity contribution in [1.29, 1.82) is 0 Å². The molecule has 3 unspecified atom stereocenters. The molecule has 4 rings (SSSR count). The van der Waals surface area contributed by atoms with Crippen molar-refractivity contribution in [1.82, 2.24) is 0 Å². The lowest BCUT2D eigenvalue weighted by molar-refractivity contribution is 0.414. The van der Waals surface area contributed by atoms with E-state index in [1.54, 1.807) is 6.07 Å². The minimum Gasteiger partial charge on any atom is -0.506 e. The van der Waals surface area contributed by atoms with E-state index in [1.807, 2.05) is 6.07 Å². The molecule has 1 heterocycles. The Morgan fingerprint density at radius 2 is 1.81 bits per heavy atom. The number of hydrogen-bond acceptors (Lipinski definition) is 3. The molecule has 0 aromatic heterocycles. The van der Waals surface area contributed by atoms with Crippen LogP contribution < -0.4 is 10.2 Å². The van der Waals surface area contributed by atoms with Gasteiger partial charge in [0, 0.05) is 24.7 Å². The lowest BCUT2D eigenvalue weighted by Gasteiger charge is -2.38. The molecule has 2 aromatic rings. The Hall–Kier alpha value is -2.42. The number of nitrogens with one attached hydrogen (secondary N) is 1. The monoisotopic (exact) mass is 348 g/mol. The van der Waals surface area contributed by atoms with E-state index < -0.39 is 0 Å². The van der Waals surface area contributed by atoms with Crippen LogP contribution in [0, 0.1) is 12.8 Å². The number of rotatable bonds is 4. The minimum absolute atomic E-state index is 0.223. The smallest absolute Gasteiger partial charge is 0.139 e. The van der Waals surface area contributed by atoms with Crippen LogP contribution in [-0.2, 0) is 0 Å². The standard InChI is InChI=1S/C23H28N2O/c1-4-25(5-2)17-12-10-16(11-13-17)22-19-8-6-7-18(19)21-15(3)9-14-20(26)23(21)24-22/h6-7,9-14,18-19,22,24,26H,4-5,8H2,1-3H3. The molecule has 3 atom stereocenters. The molecule has 3 nitrogen and oxygen atoms in total. The molecule has 2 aromatic carbocycles. The summed E-state index contributed by atoms with van der Waals surface area (Å²) in [6, 6.07) is 13.0. The zero-order chi connectivity index (χ0) is 18.3. The molecule has 26 heavy (non-hydrogen) atoms. The summed E-state index contributed by atoms with van der Waals surface area (Å²) in [7, 11) is 0. The van der Waals surface area contributed by atoms with Crippen LogP contribution in [0.15, 0.2) is 48.6 Å². The summed E-state index contributed by atoms with van der Waals surface area (Å²) >= 11 is 0. The Balaban J connectivity index is 1.71. The lowest BCUT2D eigenvalue weighted by Crippen LogP contribution is -2.29. The number of phenolic OH excluding ortho intramolecular Hbond substituents is 1. The van der Waals surface area contributed by atoms with Gasteiger partial charge in [0.25, 0.3) is 0 Å². The number of aryl methyl sites for hydroxylation is 1. The molecule has 2 N–H and O–H groups in total. The highest BCUT2D eigenvalue weighted by molar-refractivity contribution is 5.69. The van der Waals surface area contributed by atoms with Crippen molar-refractivity contribution in [2.24, 2.45) is 5.92 Å². The molecule has 0 saturated heterocycles. The van der Waals surface area contributed by atoms with Gasteiger partial charge in [0.15, 0.2) is 0 Å². The second kappa shape index (κ2) is 6.71. The highest BCUT2D eigenvalue weighted by Gasteiger charge is 2.39. The van der Waals surface area contributed by atoms with Crippen molar-refractivity contribution in [2.75, 3.05) is 23.3 Å². The van der Waals surface area contributed by atoms with Crippen molar-refractivity contribution in [3.8, 4) is 5.75 Å². The summed E-state index contributed by atoms with van der Waals surface area (Å²) in [6.07, 6.45) is 5.70.